The summed E-state index contributed by atoms with van der Waals surface area (Å²) in [6, 6.07) is 6.66. The number of alkyl halides is 2. The van der Waals surface area contributed by atoms with Crippen molar-refractivity contribution in [3.05, 3.63) is 70.3 Å². The number of hydrogen-bond donors (Lipinski definition) is 9. The first-order valence-corrected chi connectivity index (χ1v) is 31.1. The maximum absolute atomic E-state index is 12.9. The summed E-state index contributed by atoms with van der Waals surface area (Å²) in [5.41, 5.74) is 7.74. The van der Waals surface area contributed by atoms with Crippen LogP contribution in [0.1, 0.15) is 116 Å². The highest BCUT2D eigenvalue weighted by Gasteiger charge is 2.45. The van der Waals surface area contributed by atoms with Gasteiger partial charge in [0.2, 0.25) is 35.9 Å². The van der Waals surface area contributed by atoms with Crippen molar-refractivity contribution >= 4 is 109 Å². The number of epoxide rings is 1. The molecule has 3 aliphatic heterocycles. The quantitative estimate of drug-likeness (QED) is 0.0236. The minimum Gasteiger partial charge on any atom is -0.496 e. The molecule has 2 aromatic carbocycles. The molecule has 0 radical (unpaired) electrons. The Labute approximate surface area is 526 Å². The van der Waals surface area contributed by atoms with E-state index in [1.54, 1.807) is 37.3 Å². The van der Waals surface area contributed by atoms with Gasteiger partial charge in [-0.05, 0) is 88.6 Å². The molecule has 3 heterocycles. The molecule has 27 heteroatoms. The van der Waals surface area contributed by atoms with Crippen molar-refractivity contribution < 1.29 is 72.3 Å². The predicted molar refractivity (Wildman–Crippen MR) is 336 cm³/mol. The van der Waals surface area contributed by atoms with Crippen LogP contribution in [0.25, 0.3) is 0 Å². The molecule has 3 aliphatic rings. The lowest BCUT2D eigenvalue weighted by atomic mass is 9.96. The topological polar surface area (TPSA) is 339 Å². The number of carboxylic acids is 1. The Hall–Kier alpha value is -6.48. The normalized spacial score (nSPS) is 19.6. The number of allylic oxidation sites excluding steroid dienone is 3. The van der Waals surface area contributed by atoms with E-state index in [1.165, 1.54) is 27.5 Å². The first-order valence-electron chi connectivity index (χ1n) is 28.5. The maximum atomic E-state index is 12.9. The zero-order valence-corrected chi connectivity index (χ0v) is 54.6. The molecule has 2 aromatic rings. The van der Waals surface area contributed by atoms with Crippen molar-refractivity contribution in [2.75, 3.05) is 68.8 Å². The van der Waals surface area contributed by atoms with E-state index in [0.29, 0.717) is 90.0 Å². The van der Waals surface area contributed by atoms with Gasteiger partial charge in [0, 0.05) is 81.7 Å². The number of aliphatic carboxylic acids is 1. The van der Waals surface area contributed by atoms with Gasteiger partial charge >= 0.3 is 18.1 Å². The van der Waals surface area contributed by atoms with Gasteiger partial charge in [0.05, 0.1) is 44.6 Å². The van der Waals surface area contributed by atoms with Crippen LogP contribution in [0.2, 0.25) is 5.02 Å². The van der Waals surface area contributed by atoms with E-state index >= 15 is 0 Å². The van der Waals surface area contributed by atoms with E-state index in [2.05, 4.69) is 77.6 Å². The number of carboxylic acid groups (broad SMARTS) is 1. The van der Waals surface area contributed by atoms with Crippen LogP contribution in [-0.4, -0.2) is 164 Å². The number of nitrogens with zero attached hydrogens (tertiary/aromatic N) is 2. The van der Waals surface area contributed by atoms with Crippen molar-refractivity contribution in [2.24, 2.45) is 11.7 Å². The fourth-order valence-electron chi connectivity index (χ4n) is 8.40. The molecule has 86 heavy (non-hydrogen) atoms. The number of hydrogen-bond acceptors (Lipinski definition) is 14. The highest BCUT2D eigenvalue weighted by Crippen LogP contribution is 2.38. The lowest BCUT2D eigenvalue weighted by Gasteiger charge is -2.36. The van der Waals surface area contributed by atoms with Crippen molar-refractivity contribution in [1.82, 2.24) is 31.5 Å². The molecule has 0 spiro atoms. The summed E-state index contributed by atoms with van der Waals surface area (Å²) in [5, 5.41) is 36.6. The molecule has 4 bridgehead atoms. The number of benzene rings is 2. The number of rotatable bonds is 23. The number of methoxy groups -OCH3 is 2. The van der Waals surface area contributed by atoms with E-state index in [9.17, 15) is 48.3 Å². The summed E-state index contributed by atoms with van der Waals surface area (Å²) in [6.45, 7) is 10.1. The molecule has 2 saturated heterocycles. The van der Waals surface area contributed by atoms with Crippen molar-refractivity contribution in [3.63, 3.8) is 0 Å². The number of aryl methyl sites for hydroxylation is 1. The molecule has 3 unspecified atom stereocenters. The highest BCUT2D eigenvalue weighted by molar-refractivity contribution is 9.09. The molecule has 0 aromatic heterocycles. The summed E-state index contributed by atoms with van der Waals surface area (Å²) in [6.07, 6.45) is 11.6. The van der Waals surface area contributed by atoms with Crippen molar-refractivity contribution in [3.8, 4) is 11.5 Å². The first-order chi connectivity index (χ1) is 40.8. The number of primary amides is 1. The van der Waals surface area contributed by atoms with Gasteiger partial charge in [0.15, 0.2) is 0 Å². The zero-order chi connectivity index (χ0) is 64.5. The number of carbonyl (C=O) groups excluding carboxylic acids is 8. The van der Waals surface area contributed by atoms with Gasteiger partial charge in [-0.25, -0.2) is 14.4 Å². The lowest BCUT2D eigenvalue weighted by molar-refractivity contribution is -0.144. The third kappa shape index (κ3) is 28.4. The molecular weight excluding hydrogens is 1270 g/mol. The van der Waals surface area contributed by atoms with Gasteiger partial charge in [-0.3, -0.25) is 34.1 Å². The number of fused-ring (bicyclic) bond motifs is 5. The van der Waals surface area contributed by atoms with E-state index < -0.39 is 53.8 Å². The fourth-order valence-corrected chi connectivity index (χ4v) is 10.4. The number of anilines is 2. The zero-order valence-electron chi connectivity index (χ0n) is 50.7. The molecule has 480 valence electrons. The summed E-state index contributed by atoms with van der Waals surface area (Å²) < 4.78 is 21.8. The summed E-state index contributed by atoms with van der Waals surface area (Å²) >= 11 is 13.2. The van der Waals surface area contributed by atoms with E-state index in [0.717, 1.165) is 34.4 Å². The van der Waals surface area contributed by atoms with Crippen LogP contribution in [0.5, 0.6) is 11.5 Å². The largest absolute Gasteiger partial charge is 0.496 e. The van der Waals surface area contributed by atoms with E-state index in [1.807, 2.05) is 44.2 Å². The molecule has 10 N–H and O–H groups in total. The van der Waals surface area contributed by atoms with E-state index in [-0.39, 0.29) is 74.6 Å². The number of unbranched alkanes of at least 4 members (excludes halogenated alkanes) is 2. The maximum Gasteiger partial charge on any atom is 0.409 e. The average Bonchev–Trinajstić information content (AvgIpc) is 2.58. The molecular formula is C59H88Br2ClN9O15. The second-order valence-corrected chi connectivity index (χ2v) is 22.6. The average molecular weight is 1360 g/mol. The lowest BCUT2D eigenvalue weighted by Crippen LogP contribution is -2.56. The molecule has 6 atom stereocenters. The second-order valence-electron chi connectivity index (χ2n) is 20.9. The van der Waals surface area contributed by atoms with Crippen LogP contribution >= 0.6 is 43.5 Å². The number of alkyl carbamates (subject to hydrolysis) is 1. The minimum atomic E-state index is -1.37. The van der Waals surface area contributed by atoms with Crippen LogP contribution in [0.3, 0.4) is 0 Å². The number of ether oxygens (including phenoxy) is 4. The number of carbonyl (C=O) groups is 9. The molecule has 24 nitrogen and oxygen atoms in total. The van der Waals surface area contributed by atoms with Gasteiger partial charge in [0.1, 0.15) is 40.4 Å². The van der Waals surface area contributed by atoms with Gasteiger partial charge < -0.3 is 71.3 Å². The first kappa shape index (κ1) is 75.6. The smallest absolute Gasteiger partial charge is 0.409 e. The minimum absolute atomic E-state index is 0.0211. The van der Waals surface area contributed by atoms with Crippen molar-refractivity contribution in [2.45, 2.75) is 154 Å². The number of nitrogens with two attached hydrogens (primary N) is 1. The van der Waals surface area contributed by atoms with Crippen LogP contribution in [0.4, 0.5) is 21.0 Å². The Morgan fingerprint density at radius 2 is 1.63 bits per heavy atom. The number of halogens is 3. The molecule has 5 rings (SSSR count). The SMILES string of the molecule is CCC.COc1cc(NC(=O)C(CCCNC(N)=O)NC(=O)CNC(=O)CCCCCNC(=O)C(CBr)CBr)ccc1C.COc1cc2cc(c1Cl)N(C)C(=O)CCC1O[C@H]1CC1C[C@](O)(C/C=C/C=C(\C)C2)NC(=O)O1.C[C@@H](C(=O)O)N(C)C=O. The molecule has 2 fully saturated rings. The van der Waals surface area contributed by atoms with Crippen LogP contribution in [0, 0.1) is 12.8 Å². The van der Waals surface area contributed by atoms with Gasteiger partial charge in [-0.15, -0.1) is 0 Å². The number of nitrogens with one attached hydrogen (secondary N) is 6. The Bertz CT molecular complexity index is 2630. The summed E-state index contributed by atoms with van der Waals surface area (Å²) in [5.74, 6) is -1.35. The van der Waals surface area contributed by atoms with Gasteiger partial charge in [-0.2, -0.15) is 0 Å². The number of likely N-dealkylation sites (N-methyl/N-ethyl adjacent to an activating group) is 1. The number of aliphatic hydroxyl groups is 1. The van der Waals surface area contributed by atoms with Crippen molar-refractivity contribution in [1.29, 1.82) is 0 Å². The van der Waals surface area contributed by atoms with Crippen LogP contribution in [0.15, 0.2) is 54.1 Å². The molecule has 0 aliphatic carbocycles. The van der Waals surface area contributed by atoms with Crippen LogP contribution < -0.4 is 52.0 Å². The summed E-state index contributed by atoms with van der Waals surface area (Å²) in [4.78, 5) is 108. The third-order valence-corrected chi connectivity index (χ3v) is 15.4. The Balaban J connectivity index is 0.000000496. The van der Waals surface area contributed by atoms with Crippen LogP contribution in [-0.2, 0) is 49.5 Å². The number of amides is 9. The fraction of sp³-hybridized carbons (Fsp3) is 0.576. The predicted octanol–water partition coefficient (Wildman–Crippen LogP) is 6.92. The van der Waals surface area contributed by atoms with Gasteiger partial charge in [-0.1, -0.05) is 100 Å². The standard InChI is InChI=1S/C26H40Br2N6O6.C25H31ClN2O6.C5H9NO3.C3H8/c1-17-9-10-19(13-21(17)40-2)33-25(38)20(7-6-12-31-26(29)39)34-23(36)16-32-22(35)8-4-3-5-11-30-24(37)18(14-27)15-28;1-15-6-4-5-9-25(31)14-17(33-24(30)27-25)13-20-19(34-20)7-8-22(29)28(2)18-11-16(10-15)12-21(32-3)23(18)26;1-4(5(8)9)6(2)3-7;1-3-2/h9-10,13,18,20H,3-8,11-12,14-16H2,1-2H3,(H,30,37)(H,32,35)(H,33,38)(H,34,36)(H3,29,31,39);4-6,11-12,17,19-20,31H,7-10,13-14H2,1-3H3,(H,27,30);3-4H,1-2H3,(H,8,9);3H2,1-2H3/b;5-4+,15-6+;;/t;17?,19?,20-,25+;4-;/m.00./s1. The Morgan fingerprint density at radius 1 is 0.953 bits per heavy atom. The van der Waals surface area contributed by atoms with Gasteiger partial charge in [0.25, 0.3) is 0 Å². The Kier molecular flexibility index (Phi) is 35.2. The third-order valence-electron chi connectivity index (χ3n) is 13.5. The monoisotopic (exact) mass is 1360 g/mol. The Morgan fingerprint density at radius 3 is 2.24 bits per heavy atom. The molecule has 0 saturated carbocycles. The van der Waals surface area contributed by atoms with E-state index in [4.69, 9.17) is 41.4 Å². The molecule has 9 amide bonds. The second kappa shape index (κ2) is 40.1. The summed E-state index contributed by atoms with van der Waals surface area (Å²) in [7, 11) is 6.22. The number of urea groups is 1. The highest BCUT2D eigenvalue weighted by atomic mass is 79.9.